The molecule has 1 aliphatic rings. The van der Waals surface area contributed by atoms with Gasteiger partial charge in [-0.2, -0.15) is 0 Å². The van der Waals surface area contributed by atoms with E-state index in [0.717, 1.165) is 6.42 Å². The zero-order valence-electron chi connectivity index (χ0n) is 11.5. The molecule has 0 fully saturated rings. The Hall–Kier alpha value is -2.67. The lowest BCUT2D eigenvalue weighted by Crippen LogP contribution is -1.83. The fraction of sp³-hybridized carbons (Fsp3) is 0.0500. The maximum Gasteiger partial charge on any atom is 0.0346 e. The topological polar surface area (TPSA) is 12.9 Å². The first-order valence-corrected chi connectivity index (χ1v) is 7.28. The van der Waals surface area contributed by atoms with Crippen molar-refractivity contribution < 1.29 is 0 Å². The van der Waals surface area contributed by atoms with Crippen molar-refractivity contribution in [1.82, 2.24) is 4.98 Å². The lowest BCUT2D eigenvalue weighted by atomic mass is 9.97. The monoisotopic (exact) mass is 267 g/mol. The third-order valence-electron chi connectivity index (χ3n) is 4.53. The highest BCUT2D eigenvalue weighted by atomic mass is 14.6. The van der Waals surface area contributed by atoms with Crippen molar-refractivity contribution in [3.8, 4) is 11.1 Å². The second kappa shape index (κ2) is 3.92. The summed E-state index contributed by atoms with van der Waals surface area (Å²) in [6.07, 6.45) is 4.86. The number of hydrogen-bond acceptors (Lipinski definition) is 1. The van der Waals surface area contributed by atoms with Crippen molar-refractivity contribution in [3.63, 3.8) is 0 Å². The summed E-state index contributed by atoms with van der Waals surface area (Å²) < 4.78 is 0. The van der Waals surface area contributed by atoms with Crippen molar-refractivity contribution in [2.75, 3.05) is 0 Å². The van der Waals surface area contributed by atoms with Gasteiger partial charge in [-0.1, -0.05) is 42.5 Å². The molecule has 1 heteroatoms. The molecule has 0 saturated heterocycles. The fourth-order valence-corrected chi connectivity index (χ4v) is 3.55. The molecular formula is C20H13N. The standard InChI is InChI=1S/C20H13N/c1-2-4-18-13(3-1)5-6-15-10-16-9-14-7-8-21-12-17(14)11-19(16)20(15)18/h1-9,11-12H,10H2. The SMILES string of the molecule is c1ccc2c3c(ccc2c1)Cc1cc2ccncc2cc1-3. The number of rotatable bonds is 0. The van der Waals surface area contributed by atoms with Crippen LogP contribution in [0, 0.1) is 0 Å². The summed E-state index contributed by atoms with van der Waals surface area (Å²) in [6, 6.07) is 19.9. The van der Waals surface area contributed by atoms with Crippen molar-refractivity contribution in [1.29, 1.82) is 0 Å². The molecule has 1 aromatic heterocycles. The Kier molecular flexibility index (Phi) is 2.06. The fourth-order valence-electron chi connectivity index (χ4n) is 3.55. The van der Waals surface area contributed by atoms with Gasteiger partial charge in [0.1, 0.15) is 0 Å². The Balaban J connectivity index is 1.92. The van der Waals surface area contributed by atoms with Gasteiger partial charge >= 0.3 is 0 Å². The minimum absolute atomic E-state index is 1.04. The molecule has 98 valence electrons. The third-order valence-corrected chi connectivity index (χ3v) is 4.53. The molecule has 1 heterocycles. The number of benzene rings is 3. The van der Waals surface area contributed by atoms with Crippen LogP contribution >= 0.6 is 0 Å². The number of hydrogen-bond donors (Lipinski definition) is 0. The van der Waals surface area contributed by atoms with E-state index in [1.807, 2.05) is 12.4 Å². The Bertz CT molecular complexity index is 1010. The molecule has 1 nitrogen and oxygen atoms in total. The van der Waals surface area contributed by atoms with Gasteiger partial charge in [0, 0.05) is 17.8 Å². The van der Waals surface area contributed by atoms with Gasteiger partial charge < -0.3 is 0 Å². The predicted octanol–water partition coefficient (Wildman–Crippen LogP) is 4.96. The molecule has 0 atom stereocenters. The van der Waals surface area contributed by atoms with Crippen LogP contribution in [0.1, 0.15) is 11.1 Å². The second-order valence-corrected chi connectivity index (χ2v) is 5.73. The largest absolute Gasteiger partial charge is 0.264 e. The lowest BCUT2D eigenvalue weighted by molar-refractivity contribution is 1.27. The summed E-state index contributed by atoms with van der Waals surface area (Å²) in [5, 5.41) is 5.17. The van der Waals surface area contributed by atoms with Gasteiger partial charge in [0.25, 0.3) is 0 Å². The van der Waals surface area contributed by atoms with E-state index >= 15 is 0 Å². The average molecular weight is 267 g/mol. The van der Waals surface area contributed by atoms with Crippen LogP contribution in [-0.4, -0.2) is 4.98 Å². The molecule has 0 aliphatic heterocycles. The Labute approximate surface area is 122 Å². The van der Waals surface area contributed by atoms with Crippen molar-refractivity contribution >= 4 is 21.5 Å². The highest BCUT2D eigenvalue weighted by Crippen LogP contribution is 2.42. The maximum atomic E-state index is 4.26. The molecule has 4 aromatic rings. The lowest BCUT2D eigenvalue weighted by Gasteiger charge is -2.07. The summed E-state index contributed by atoms with van der Waals surface area (Å²) in [5.74, 6) is 0. The van der Waals surface area contributed by atoms with Crippen LogP contribution in [0.5, 0.6) is 0 Å². The van der Waals surface area contributed by atoms with Crippen molar-refractivity contribution in [2.24, 2.45) is 0 Å². The molecule has 0 N–H and O–H groups in total. The normalized spacial score (nSPS) is 12.6. The first kappa shape index (κ1) is 11.0. The summed E-state index contributed by atoms with van der Waals surface area (Å²) >= 11 is 0. The second-order valence-electron chi connectivity index (χ2n) is 5.73. The molecule has 0 radical (unpaired) electrons. The highest BCUT2D eigenvalue weighted by Gasteiger charge is 2.21. The molecule has 1 aliphatic carbocycles. The molecular weight excluding hydrogens is 254 g/mol. The van der Waals surface area contributed by atoms with E-state index in [-0.39, 0.29) is 0 Å². The molecule has 0 unspecified atom stereocenters. The molecule has 0 spiro atoms. The molecule has 0 saturated carbocycles. The first-order chi connectivity index (χ1) is 10.4. The average Bonchev–Trinajstić information content (AvgIpc) is 2.90. The van der Waals surface area contributed by atoms with Crippen LogP contribution in [0.2, 0.25) is 0 Å². The number of pyridine rings is 1. The van der Waals surface area contributed by atoms with Crippen LogP contribution in [0.4, 0.5) is 0 Å². The number of nitrogens with zero attached hydrogens (tertiary/aromatic N) is 1. The third kappa shape index (κ3) is 1.49. The summed E-state index contributed by atoms with van der Waals surface area (Å²) in [6.45, 7) is 0. The summed E-state index contributed by atoms with van der Waals surface area (Å²) in [4.78, 5) is 4.26. The Morgan fingerprint density at radius 2 is 1.71 bits per heavy atom. The van der Waals surface area contributed by atoms with Gasteiger partial charge in [-0.15, -0.1) is 0 Å². The maximum absolute atomic E-state index is 4.26. The van der Waals surface area contributed by atoms with Crippen LogP contribution in [-0.2, 0) is 6.42 Å². The molecule has 21 heavy (non-hydrogen) atoms. The molecule has 0 amide bonds. The van der Waals surface area contributed by atoms with Crippen LogP contribution < -0.4 is 0 Å². The minimum atomic E-state index is 1.04. The molecule has 0 bridgehead atoms. The summed E-state index contributed by atoms with van der Waals surface area (Å²) in [7, 11) is 0. The van der Waals surface area contributed by atoms with E-state index in [2.05, 4.69) is 59.6 Å². The predicted molar refractivity (Wildman–Crippen MR) is 87.5 cm³/mol. The van der Waals surface area contributed by atoms with Gasteiger partial charge in [-0.3, -0.25) is 4.98 Å². The molecule has 3 aromatic carbocycles. The minimum Gasteiger partial charge on any atom is -0.264 e. The quantitative estimate of drug-likeness (QED) is 0.386. The van der Waals surface area contributed by atoms with Gasteiger partial charge in [-0.05, 0) is 57.0 Å². The van der Waals surface area contributed by atoms with Crippen LogP contribution in [0.25, 0.3) is 32.7 Å². The first-order valence-electron chi connectivity index (χ1n) is 7.28. The molecule has 5 rings (SSSR count). The van der Waals surface area contributed by atoms with Crippen molar-refractivity contribution in [3.05, 3.63) is 78.1 Å². The van der Waals surface area contributed by atoms with Crippen LogP contribution in [0.3, 0.4) is 0 Å². The van der Waals surface area contributed by atoms with E-state index in [9.17, 15) is 0 Å². The smallest absolute Gasteiger partial charge is 0.0346 e. The van der Waals surface area contributed by atoms with E-state index in [4.69, 9.17) is 0 Å². The van der Waals surface area contributed by atoms with E-state index in [1.165, 1.54) is 43.8 Å². The number of fused-ring (bicyclic) bond motifs is 6. The van der Waals surface area contributed by atoms with Gasteiger partial charge in [-0.25, -0.2) is 0 Å². The highest BCUT2D eigenvalue weighted by molar-refractivity contribution is 6.03. The van der Waals surface area contributed by atoms with Gasteiger partial charge in [0.05, 0.1) is 0 Å². The van der Waals surface area contributed by atoms with Crippen LogP contribution in [0.15, 0.2) is 67.0 Å². The Morgan fingerprint density at radius 1 is 0.762 bits per heavy atom. The van der Waals surface area contributed by atoms with E-state index in [1.54, 1.807) is 0 Å². The van der Waals surface area contributed by atoms with E-state index < -0.39 is 0 Å². The zero-order valence-corrected chi connectivity index (χ0v) is 11.5. The van der Waals surface area contributed by atoms with Crippen molar-refractivity contribution in [2.45, 2.75) is 6.42 Å². The zero-order chi connectivity index (χ0) is 13.8. The summed E-state index contributed by atoms with van der Waals surface area (Å²) in [5.41, 5.74) is 5.66. The number of aromatic nitrogens is 1. The van der Waals surface area contributed by atoms with E-state index in [0.29, 0.717) is 0 Å². The Morgan fingerprint density at radius 3 is 2.71 bits per heavy atom. The van der Waals surface area contributed by atoms with Gasteiger partial charge in [0.2, 0.25) is 0 Å². The van der Waals surface area contributed by atoms with Gasteiger partial charge in [0.15, 0.2) is 0 Å².